The Balaban J connectivity index is 1.27. The zero-order valence-corrected chi connectivity index (χ0v) is 30.5. The molecule has 7 rings (SSSR count). The van der Waals surface area contributed by atoms with Gasteiger partial charge in [-0.3, -0.25) is 0 Å². The Hall–Kier alpha value is -5.59. The zero-order valence-electron chi connectivity index (χ0n) is 30.5. The van der Waals surface area contributed by atoms with E-state index < -0.39 is 0 Å². The van der Waals surface area contributed by atoms with Crippen LogP contribution >= 0.6 is 0 Å². The van der Waals surface area contributed by atoms with Crippen molar-refractivity contribution in [2.75, 3.05) is 23.8 Å². The minimum Gasteiger partial charge on any atom is -0.388 e. The van der Waals surface area contributed by atoms with Crippen molar-refractivity contribution in [2.45, 2.75) is 57.8 Å². The van der Waals surface area contributed by atoms with Crippen LogP contribution in [0.1, 0.15) is 62.8 Å². The Bertz CT molecular complexity index is 2320. The van der Waals surface area contributed by atoms with Crippen LogP contribution in [0.5, 0.6) is 0 Å². The molecule has 51 heavy (non-hydrogen) atoms. The minimum atomic E-state index is -0.215. The number of fused-ring (bicyclic) bond motifs is 4. The van der Waals surface area contributed by atoms with Gasteiger partial charge in [0.15, 0.2) is 0 Å². The lowest BCUT2D eigenvalue weighted by atomic mass is 9.72. The van der Waals surface area contributed by atoms with E-state index in [0.29, 0.717) is 5.56 Å². The van der Waals surface area contributed by atoms with Crippen LogP contribution < -0.4 is 10.2 Å². The molecule has 1 heterocycles. The van der Waals surface area contributed by atoms with Gasteiger partial charge in [-0.2, -0.15) is 5.26 Å². The monoisotopic (exact) mass is 665 g/mol. The molecular formula is C48H47N3. The van der Waals surface area contributed by atoms with E-state index in [1.807, 2.05) is 31.3 Å². The third kappa shape index (κ3) is 6.21. The number of rotatable bonds is 10. The number of anilines is 2. The van der Waals surface area contributed by atoms with Crippen molar-refractivity contribution in [1.29, 1.82) is 5.26 Å². The molecule has 0 radical (unpaired) electrons. The fourth-order valence-corrected chi connectivity index (χ4v) is 8.46. The van der Waals surface area contributed by atoms with Gasteiger partial charge in [0.1, 0.15) is 0 Å². The molecule has 0 amide bonds. The molecule has 3 heteroatoms. The van der Waals surface area contributed by atoms with Crippen molar-refractivity contribution in [3.8, 4) is 17.2 Å². The Morgan fingerprint density at radius 1 is 0.804 bits per heavy atom. The first-order chi connectivity index (χ1) is 24.8. The highest BCUT2D eigenvalue weighted by Gasteiger charge is 2.40. The topological polar surface area (TPSA) is 39.1 Å². The van der Waals surface area contributed by atoms with E-state index in [1.165, 1.54) is 49.6 Å². The fourth-order valence-electron chi connectivity index (χ4n) is 8.46. The molecule has 0 spiro atoms. The second-order valence-electron chi connectivity index (χ2n) is 14.7. The van der Waals surface area contributed by atoms with E-state index in [1.54, 1.807) is 0 Å². The molecule has 0 aromatic heterocycles. The molecule has 0 saturated heterocycles. The van der Waals surface area contributed by atoms with Gasteiger partial charge in [0, 0.05) is 41.5 Å². The molecule has 1 atom stereocenters. The summed E-state index contributed by atoms with van der Waals surface area (Å²) >= 11 is 0. The maximum absolute atomic E-state index is 9.71. The quantitative estimate of drug-likeness (QED) is 0.158. The normalized spacial score (nSPS) is 15.7. The standard InChI is InChI=1S/C48H47N3/c1-6-31-51-43-29-27-36-16-8-12-20-41(36)46(43)47(2,3)44(51)21-13-14-30-48(4,45-40-19-11-7-15-35(40)26-28-42(45)50-5)32-34-22-24-37(25-23-34)39-18-10-9-17-38(39)33-49/h7-29,50H,6,30-32H2,1-5H3/b14-13+,44-21+. The van der Waals surface area contributed by atoms with Gasteiger partial charge in [0.05, 0.1) is 11.6 Å². The molecule has 1 N–H and O–H groups in total. The average molecular weight is 666 g/mol. The van der Waals surface area contributed by atoms with Crippen molar-refractivity contribution in [2.24, 2.45) is 0 Å². The summed E-state index contributed by atoms with van der Waals surface area (Å²) in [4.78, 5) is 2.54. The van der Waals surface area contributed by atoms with Crippen LogP contribution in [0.25, 0.3) is 32.7 Å². The van der Waals surface area contributed by atoms with Gasteiger partial charge in [0.2, 0.25) is 0 Å². The van der Waals surface area contributed by atoms with Gasteiger partial charge in [0.25, 0.3) is 0 Å². The van der Waals surface area contributed by atoms with Crippen LogP contribution in [0.15, 0.2) is 145 Å². The molecule has 0 aliphatic carbocycles. The average Bonchev–Trinajstić information content (AvgIpc) is 3.38. The summed E-state index contributed by atoms with van der Waals surface area (Å²) in [5.74, 6) is 0. The van der Waals surface area contributed by atoms with Gasteiger partial charge in [-0.25, -0.2) is 0 Å². The van der Waals surface area contributed by atoms with E-state index in [9.17, 15) is 5.26 Å². The van der Waals surface area contributed by atoms with E-state index in [2.05, 4.69) is 159 Å². The van der Waals surface area contributed by atoms with Crippen LogP contribution in [-0.2, 0) is 17.3 Å². The molecule has 3 nitrogen and oxygen atoms in total. The van der Waals surface area contributed by atoms with Crippen LogP contribution in [0.3, 0.4) is 0 Å². The highest BCUT2D eigenvalue weighted by molar-refractivity contribution is 5.95. The van der Waals surface area contributed by atoms with Crippen molar-refractivity contribution >= 4 is 32.9 Å². The molecule has 254 valence electrons. The van der Waals surface area contributed by atoms with E-state index >= 15 is 0 Å². The number of hydrogen-bond acceptors (Lipinski definition) is 3. The van der Waals surface area contributed by atoms with E-state index in [4.69, 9.17) is 0 Å². The zero-order chi connectivity index (χ0) is 35.6. The Labute approximate surface area is 303 Å². The second kappa shape index (κ2) is 14.0. The number of nitrogens with zero attached hydrogens (tertiary/aromatic N) is 2. The highest BCUT2D eigenvalue weighted by Crippen LogP contribution is 2.51. The van der Waals surface area contributed by atoms with Gasteiger partial charge in [-0.15, -0.1) is 0 Å². The Kier molecular flexibility index (Phi) is 9.28. The summed E-state index contributed by atoms with van der Waals surface area (Å²) < 4.78 is 0. The van der Waals surface area contributed by atoms with Crippen molar-refractivity contribution in [3.63, 3.8) is 0 Å². The predicted octanol–water partition coefficient (Wildman–Crippen LogP) is 12.1. The van der Waals surface area contributed by atoms with Gasteiger partial charge in [-0.05, 0) is 92.9 Å². The number of benzene rings is 6. The van der Waals surface area contributed by atoms with Crippen molar-refractivity contribution in [1.82, 2.24) is 0 Å². The fraction of sp³-hybridized carbons (Fsp3) is 0.229. The molecule has 1 aliphatic heterocycles. The van der Waals surface area contributed by atoms with E-state index in [-0.39, 0.29) is 10.8 Å². The largest absolute Gasteiger partial charge is 0.388 e. The predicted molar refractivity (Wildman–Crippen MR) is 218 cm³/mol. The van der Waals surface area contributed by atoms with Crippen LogP contribution in [0.2, 0.25) is 0 Å². The van der Waals surface area contributed by atoms with Gasteiger partial charge >= 0.3 is 0 Å². The second-order valence-corrected chi connectivity index (χ2v) is 14.7. The highest BCUT2D eigenvalue weighted by atomic mass is 15.2. The SMILES string of the molecule is CCCN1/C(=C/C=C/CC(C)(Cc2ccc(-c3ccccc3C#N)cc2)c2c(NC)ccc3ccccc23)C(C)(C)c2c1ccc1ccccc21. The lowest BCUT2D eigenvalue weighted by Gasteiger charge is -2.33. The van der Waals surface area contributed by atoms with Crippen LogP contribution in [0, 0.1) is 11.3 Å². The Morgan fingerprint density at radius 3 is 2.20 bits per heavy atom. The summed E-state index contributed by atoms with van der Waals surface area (Å²) in [6, 6.07) is 45.6. The van der Waals surface area contributed by atoms with Gasteiger partial charge in [-0.1, -0.05) is 143 Å². The molecule has 6 aromatic rings. The first kappa shape index (κ1) is 33.9. The first-order valence-electron chi connectivity index (χ1n) is 18.2. The summed E-state index contributed by atoms with van der Waals surface area (Å²) in [6.07, 6.45) is 9.86. The van der Waals surface area contributed by atoms with E-state index in [0.717, 1.165) is 42.6 Å². The maximum atomic E-state index is 9.71. The molecule has 6 aromatic carbocycles. The van der Waals surface area contributed by atoms with Crippen LogP contribution in [-0.4, -0.2) is 13.6 Å². The first-order valence-corrected chi connectivity index (χ1v) is 18.2. The molecule has 0 fully saturated rings. The lowest BCUT2D eigenvalue weighted by molar-refractivity contribution is 0.480. The number of nitrogens with one attached hydrogen (secondary N) is 1. The summed E-state index contributed by atoms with van der Waals surface area (Å²) in [7, 11) is 2.03. The molecule has 1 unspecified atom stereocenters. The smallest absolute Gasteiger partial charge is 0.0998 e. The Morgan fingerprint density at radius 2 is 1.47 bits per heavy atom. The molecule has 0 saturated carbocycles. The minimum absolute atomic E-state index is 0.125. The van der Waals surface area contributed by atoms with Gasteiger partial charge < -0.3 is 10.2 Å². The third-order valence-corrected chi connectivity index (χ3v) is 10.9. The molecule has 0 bridgehead atoms. The summed E-state index contributed by atoms with van der Waals surface area (Å²) in [5, 5.41) is 18.4. The number of allylic oxidation sites excluding steroid dienone is 4. The number of nitriles is 1. The third-order valence-electron chi connectivity index (χ3n) is 10.9. The number of hydrogen-bond donors (Lipinski definition) is 1. The van der Waals surface area contributed by atoms with Crippen molar-refractivity contribution < 1.29 is 0 Å². The molecule has 1 aliphatic rings. The molecular weight excluding hydrogens is 619 g/mol. The summed E-state index contributed by atoms with van der Waals surface area (Å²) in [5.41, 5.74) is 10.3. The van der Waals surface area contributed by atoms with Crippen molar-refractivity contribution in [3.05, 3.63) is 168 Å². The summed E-state index contributed by atoms with van der Waals surface area (Å²) in [6.45, 7) is 10.4. The lowest BCUT2D eigenvalue weighted by Crippen LogP contribution is -2.27. The van der Waals surface area contributed by atoms with Crippen LogP contribution in [0.4, 0.5) is 11.4 Å². The maximum Gasteiger partial charge on any atom is 0.0998 e.